The van der Waals surface area contributed by atoms with Gasteiger partial charge in [-0.15, -0.1) is 0 Å². The van der Waals surface area contributed by atoms with Crippen LogP contribution >= 0.6 is 11.6 Å². The normalized spacial score (nSPS) is 11.0. The van der Waals surface area contributed by atoms with E-state index in [1.54, 1.807) is 0 Å². The Kier molecular flexibility index (Phi) is 2.85. The second-order valence-corrected chi connectivity index (χ2v) is 5.07. The fourth-order valence-corrected chi connectivity index (χ4v) is 2.48. The van der Waals surface area contributed by atoms with E-state index in [1.165, 1.54) is 22.0 Å². The maximum Gasteiger partial charge on any atom is 0.0486 e. The Morgan fingerprint density at radius 1 is 1.06 bits per heavy atom. The van der Waals surface area contributed by atoms with Crippen LogP contribution in [0.4, 0.5) is 0 Å². The first-order chi connectivity index (χ1) is 8.72. The Hall–Kier alpha value is -1.73. The molecule has 90 valence electrons. The van der Waals surface area contributed by atoms with Gasteiger partial charge in [0.25, 0.3) is 0 Å². The van der Waals surface area contributed by atoms with Crippen LogP contribution in [0.5, 0.6) is 0 Å². The number of nitrogens with zero attached hydrogens (tertiary/aromatic N) is 1. The molecule has 0 aliphatic heterocycles. The zero-order chi connectivity index (χ0) is 12.5. The van der Waals surface area contributed by atoms with Crippen LogP contribution in [0.2, 0.25) is 5.02 Å². The van der Waals surface area contributed by atoms with E-state index >= 15 is 0 Å². The molecule has 2 aromatic carbocycles. The molecule has 0 bridgehead atoms. The van der Waals surface area contributed by atoms with Crippen LogP contribution in [-0.4, -0.2) is 4.57 Å². The summed E-state index contributed by atoms with van der Waals surface area (Å²) in [6.07, 6.45) is 2.13. The van der Waals surface area contributed by atoms with Crippen molar-refractivity contribution in [2.45, 2.75) is 13.5 Å². The lowest BCUT2D eigenvalue weighted by Crippen LogP contribution is -1.97. The molecule has 0 unspecified atom stereocenters. The molecule has 0 saturated heterocycles. The van der Waals surface area contributed by atoms with Gasteiger partial charge in [-0.05, 0) is 47.7 Å². The first kappa shape index (κ1) is 11.4. The van der Waals surface area contributed by atoms with E-state index in [-0.39, 0.29) is 0 Å². The summed E-state index contributed by atoms with van der Waals surface area (Å²) in [4.78, 5) is 0. The average molecular weight is 256 g/mol. The van der Waals surface area contributed by atoms with Gasteiger partial charge in [-0.25, -0.2) is 0 Å². The second kappa shape index (κ2) is 4.51. The van der Waals surface area contributed by atoms with Crippen molar-refractivity contribution in [2.75, 3.05) is 0 Å². The average Bonchev–Trinajstić information content (AvgIpc) is 2.72. The fourth-order valence-electron chi connectivity index (χ4n) is 2.26. The van der Waals surface area contributed by atoms with E-state index in [1.807, 2.05) is 18.2 Å². The molecule has 0 spiro atoms. The van der Waals surface area contributed by atoms with E-state index in [0.717, 1.165) is 11.6 Å². The first-order valence-electron chi connectivity index (χ1n) is 6.02. The highest BCUT2D eigenvalue weighted by Gasteiger charge is 2.02. The molecular weight excluding hydrogens is 242 g/mol. The third kappa shape index (κ3) is 2.14. The zero-order valence-corrected chi connectivity index (χ0v) is 11.0. The van der Waals surface area contributed by atoms with E-state index in [4.69, 9.17) is 11.6 Å². The first-order valence-corrected chi connectivity index (χ1v) is 6.40. The van der Waals surface area contributed by atoms with Crippen LogP contribution in [-0.2, 0) is 6.54 Å². The van der Waals surface area contributed by atoms with E-state index < -0.39 is 0 Å². The number of halogens is 1. The summed E-state index contributed by atoms with van der Waals surface area (Å²) in [6, 6.07) is 16.7. The molecule has 18 heavy (non-hydrogen) atoms. The van der Waals surface area contributed by atoms with Crippen molar-refractivity contribution in [1.29, 1.82) is 0 Å². The standard InChI is InChI=1S/C16H14ClN/c1-12-5-6-14-7-8-18(16(14)9-12)11-13-3-2-4-15(17)10-13/h2-10H,11H2,1H3. The Bertz CT molecular complexity index is 697. The molecule has 0 saturated carbocycles. The largest absolute Gasteiger partial charge is 0.343 e. The Balaban J connectivity index is 2.02. The van der Waals surface area contributed by atoms with Crippen LogP contribution in [0.25, 0.3) is 10.9 Å². The minimum atomic E-state index is 0.792. The molecule has 2 heteroatoms. The molecule has 0 amide bonds. The summed E-state index contributed by atoms with van der Waals surface area (Å²) < 4.78 is 2.26. The van der Waals surface area contributed by atoms with Crippen molar-refractivity contribution in [3.05, 3.63) is 70.9 Å². The van der Waals surface area contributed by atoms with E-state index in [0.29, 0.717) is 0 Å². The van der Waals surface area contributed by atoms with Gasteiger partial charge in [0.2, 0.25) is 0 Å². The predicted octanol–water partition coefficient (Wildman–Crippen LogP) is 4.65. The van der Waals surface area contributed by atoms with Crippen molar-refractivity contribution < 1.29 is 0 Å². The maximum absolute atomic E-state index is 6.02. The quantitative estimate of drug-likeness (QED) is 0.628. The number of benzene rings is 2. The molecule has 0 radical (unpaired) electrons. The molecule has 3 aromatic rings. The molecule has 0 atom stereocenters. The molecule has 0 aliphatic carbocycles. The molecule has 1 aromatic heterocycles. The van der Waals surface area contributed by atoms with Gasteiger partial charge >= 0.3 is 0 Å². The fraction of sp³-hybridized carbons (Fsp3) is 0.125. The molecular formula is C16H14ClN. The van der Waals surface area contributed by atoms with Gasteiger partial charge in [0, 0.05) is 23.3 Å². The van der Waals surface area contributed by atoms with Gasteiger partial charge < -0.3 is 4.57 Å². The number of aryl methyl sites for hydroxylation is 1. The Morgan fingerprint density at radius 3 is 2.78 bits per heavy atom. The topological polar surface area (TPSA) is 4.93 Å². The third-order valence-electron chi connectivity index (χ3n) is 3.17. The minimum absolute atomic E-state index is 0.792. The number of aromatic nitrogens is 1. The van der Waals surface area contributed by atoms with E-state index in [9.17, 15) is 0 Å². The molecule has 0 aliphatic rings. The molecule has 3 rings (SSSR count). The SMILES string of the molecule is Cc1ccc2ccn(Cc3cccc(Cl)c3)c2c1. The smallest absolute Gasteiger partial charge is 0.0486 e. The summed E-state index contributed by atoms with van der Waals surface area (Å²) in [5.41, 5.74) is 3.78. The van der Waals surface area contributed by atoms with Gasteiger partial charge in [0.05, 0.1) is 0 Å². The van der Waals surface area contributed by atoms with Crippen molar-refractivity contribution in [3.8, 4) is 0 Å². The lowest BCUT2D eigenvalue weighted by molar-refractivity contribution is 0.836. The molecule has 0 fully saturated rings. The molecule has 1 heterocycles. The Morgan fingerprint density at radius 2 is 1.94 bits per heavy atom. The van der Waals surface area contributed by atoms with Crippen LogP contribution in [0.3, 0.4) is 0 Å². The summed E-state index contributed by atoms with van der Waals surface area (Å²) >= 11 is 6.02. The highest BCUT2D eigenvalue weighted by Crippen LogP contribution is 2.19. The van der Waals surface area contributed by atoms with Gasteiger partial charge in [-0.3, -0.25) is 0 Å². The second-order valence-electron chi connectivity index (χ2n) is 4.64. The third-order valence-corrected chi connectivity index (χ3v) is 3.41. The number of fused-ring (bicyclic) bond motifs is 1. The van der Waals surface area contributed by atoms with Gasteiger partial charge in [0.1, 0.15) is 0 Å². The number of rotatable bonds is 2. The summed E-state index contributed by atoms with van der Waals surface area (Å²) in [5, 5.41) is 2.07. The lowest BCUT2D eigenvalue weighted by atomic mass is 10.2. The summed E-state index contributed by atoms with van der Waals surface area (Å²) in [5.74, 6) is 0. The lowest BCUT2D eigenvalue weighted by Gasteiger charge is -2.06. The van der Waals surface area contributed by atoms with Crippen LogP contribution in [0.1, 0.15) is 11.1 Å². The zero-order valence-electron chi connectivity index (χ0n) is 10.2. The predicted molar refractivity (Wildman–Crippen MR) is 77.2 cm³/mol. The summed E-state index contributed by atoms with van der Waals surface area (Å²) in [6.45, 7) is 2.98. The highest BCUT2D eigenvalue weighted by molar-refractivity contribution is 6.30. The van der Waals surface area contributed by atoms with Crippen molar-refractivity contribution in [2.24, 2.45) is 0 Å². The van der Waals surface area contributed by atoms with E-state index in [2.05, 4.69) is 48.0 Å². The maximum atomic E-state index is 6.02. The highest BCUT2D eigenvalue weighted by atomic mass is 35.5. The van der Waals surface area contributed by atoms with Crippen LogP contribution < -0.4 is 0 Å². The number of hydrogen-bond acceptors (Lipinski definition) is 0. The Labute approximate surface area is 112 Å². The number of hydrogen-bond donors (Lipinski definition) is 0. The van der Waals surface area contributed by atoms with Crippen molar-refractivity contribution in [3.63, 3.8) is 0 Å². The summed E-state index contributed by atoms with van der Waals surface area (Å²) in [7, 11) is 0. The van der Waals surface area contributed by atoms with Crippen LogP contribution in [0.15, 0.2) is 54.7 Å². The molecule has 1 nitrogen and oxygen atoms in total. The monoisotopic (exact) mass is 255 g/mol. The van der Waals surface area contributed by atoms with Gasteiger partial charge in [0.15, 0.2) is 0 Å². The van der Waals surface area contributed by atoms with Crippen molar-refractivity contribution in [1.82, 2.24) is 4.57 Å². The minimum Gasteiger partial charge on any atom is -0.343 e. The molecule has 0 N–H and O–H groups in total. The van der Waals surface area contributed by atoms with Gasteiger partial charge in [-0.2, -0.15) is 0 Å². The van der Waals surface area contributed by atoms with Crippen molar-refractivity contribution >= 4 is 22.5 Å². The van der Waals surface area contributed by atoms with Crippen LogP contribution in [0, 0.1) is 6.92 Å². The van der Waals surface area contributed by atoms with Gasteiger partial charge in [-0.1, -0.05) is 35.9 Å².